The Balaban J connectivity index is 1.57. The van der Waals surface area contributed by atoms with Gasteiger partial charge in [-0.1, -0.05) is 42.5 Å². The number of benzene rings is 2. The van der Waals surface area contributed by atoms with Gasteiger partial charge in [-0.15, -0.1) is 0 Å². The highest BCUT2D eigenvalue weighted by molar-refractivity contribution is 5.28. The summed E-state index contributed by atoms with van der Waals surface area (Å²) in [4.78, 5) is 1.71. The Morgan fingerprint density at radius 3 is 2.38 bits per heavy atom. The van der Waals surface area contributed by atoms with E-state index < -0.39 is 0 Å². The van der Waals surface area contributed by atoms with Crippen molar-refractivity contribution in [1.29, 1.82) is 0 Å². The topological polar surface area (TPSA) is 13.7 Å². The first kappa shape index (κ1) is 14.2. The zero-order valence-corrected chi connectivity index (χ0v) is 12.6. The van der Waals surface area contributed by atoms with Crippen LogP contribution in [0, 0.1) is 0 Å². The Morgan fingerprint density at radius 2 is 1.57 bits per heavy atom. The van der Waals surface area contributed by atoms with Crippen molar-refractivity contribution in [3.8, 4) is 5.75 Å². The average Bonchev–Trinajstić information content (AvgIpc) is 2.55. The number of rotatable bonds is 5. The summed E-state index contributed by atoms with van der Waals surface area (Å²) in [6.07, 6.45) is 4.16. The molecule has 1 saturated heterocycles. The fraction of sp³-hybridized carbons (Fsp3) is 0.368. The predicted octanol–water partition coefficient (Wildman–Crippen LogP) is 2.83. The van der Waals surface area contributed by atoms with Gasteiger partial charge in [0.2, 0.25) is 0 Å². The van der Waals surface area contributed by atoms with E-state index in [0.29, 0.717) is 6.61 Å². The van der Waals surface area contributed by atoms with E-state index in [4.69, 9.17) is 4.74 Å². The monoisotopic (exact) mass is 282 g/mol. The smallest absolute Gasteiger partial charge is 0.120 e. The summed E-state index contributed by atoms with van der Waals surface area (Å²) < 4.78 is 5.91. The highest BCUT2D eigenvalue weighted by Crippen LogP contribution is 2.15. The van der Waals surface area contributed by atoms with E-state index in [1.54, 1.807) is 4.90 Å². The molecule has 1 N–H and O–H groups in total. The predicted molar refractivity (Wildman–Crippen MR) is 85.5 cm³/mol. The second kappa shape index (κ2) is 7.28. The molecule has 110 valence electrons. The van der Waals surface area contributed by atoms with Crippen molar-refractivity contribution in [2.45, 2.75) is 32.4 Å². The lowest BCUT2D eigenvalue weighted by atomic mass is 10.1. The van der Waals surface area contributed by atoms with Crippen LogP contribution < -0.4 is 9.64 Å². The fourth-order valence-electron chi connectivity index (χ4n) is 3.00. The molecule has 2 heteroatoms. The molecule has 21 heavy (non-hydrogen) atoms. The normalized spacial score (nSPS) is 15.8. The van der Waals surface area contributed by atoms with E-state index >= 15 is 0 Å². The SMILES string of the molecule is c1ccc(COc2cccc(C[NH+]3CCCCC3)c2)cc1. The Labute approximate surface area is 127 Å². The summed E-state index contributed by atoms with van der Waals surface area (Å²) in [5, 5.41) is 0. The summed E-state index contributed by atoms with van der Waals surface area (Å²) in [6.45, 7) is 4.40. The third-order valence-corrected chi connectivity index (χ3v) is 4.16. The molecule has 2 nitrogen and oxygen atoms in total. The zero-order chi connectivity index (χ0) is 14.3. The van der Waals surface area contributed by atoms with Gasteiger partial charge in [-0.25, -0.2) is 0 Å². The van der Waals surface area contributed by atoms with Gasteiger partial charge in [0.05, 0.1) is 13.1 Å². The first-order chi connectivity index (χ1) is 10.4. The van der Waals surface area contributed by atoms with Gasteiger partial charge in [0, 0.05) is 5.56 Å². The number of quaternary nitrogens is 1. The van der Waals surface area contributed by atoms with Crippen molar-refractivity contribution in [2.75, 3.05) is 13.1 Å². The van der Waals surface area contributed by atoms with E-state index in [1.807, 2.05) is 6.07 Å². The molecular weight excluding hydrogens is 258 g/mol. The largest absolute Gasteiger partial charge is 0.489 e. The number of likely N-dealkylation sites (tertiary alicyclic amines) is 1. The molecule has 1 heterocycles. The number of piperidine rings is 1. The Bertz CT molecular complexity index is 547. The van der Waals surface area contributed by atoms with Gasteiger partial charge in [0.25, 0.3) is 0 Å². The van der Waals surface area contributed by atoms with Crippen molar-refractivity contribution in [1.82, 2.24) is 0 Å². The van der Waals surface area contributed by atoms with Crippen LogP contribution in [0.15, 0.2) is 54.6 Å². The van der Waals surface area contributed by atoms with Crippen molar-refractivity contribution in [3.05, 3.63) is 65.7 Å². The highest BCUT2D eigenvalue weighted by Gasteiger charge is 2.13. The average molecular weight is 282 g/mol. The van der Waals surface area contributed by atoms with E-state index in [2.05, 4.69) is 48.5 Å². The summed E-state index contributed by atoms with van der Waals surface area (Å²) in [7, 11) is 0. The van der Waals surface area contributed by atoms with Gasteiger partial charge in [-0.2, -0.15) is 0 Å². The van der Waals surface area contributed by atoms with Crippen molar-refractivity contribution in [3.63, 3.8) is 0 Å². The molecule has 0 saturated carbocycles. The van der Waals surface area contributed by atoms with Gasteiger partial charge in [0.15, 0.2) is 0 Å². The minimum atomic E-state index is 0.640. The molecule has 0 aliphatic carbocycles. The van der Waals surface area contributed by atoms with Crippen LogP contribution in [0.5, 0.6) is 5.75 Å². The van der Waals surface area contributed by atoms with E-state index in [-0.39, 0.29) is 0 Å². The molecule has 0 aromatic heterocycles. The van der Waals surface area contributed by atoms with Crippen LogP contribution in [0.2, 0.25) is 0 Å². The molecule has 0 radical (unpaired) electrons. The van der Waals surface area contributed by atoms with Crippen LogP contribution in [0.4, 0.5) is 0 Å². The molecule has 0 atom stereocenters. The molecule has 0 amide bonds. The quantitative estimate of drug-likeness (QED) is 0.890. The molecule has 2 aromatic rings. The van der Waals surface area contributed by atoms with E-state index in [9.17, 15) is 0 Å². The van der Waals surface area contributed by atoms with Crippen LogP contribution in [0.1, 0.15) is 30.4 Å². The van der Waals surface area contributed by atoms with Crippen LogP contribution >= 0.6 is 0 Å². The number of ether oxygens (including phenoxy) is 1. The van der Waals surface area contributed by atoms with E-state index in [1.165, 1.54) is 43.5 Å². The van der Waals surface area contributed by atoms with Crippen molar-refractivity contribution in [2.24, 2.45) is 0 Å². The lowest BCUT2D eigenvalue weighted by Gasteiger charge is -2.23. The Morgan fingerprint density at radius 1 is 0.810 bits per heavy atom. The molecule has 0 unspecified atom stereocenters. The number of nitrogens with one attached hydrogen (secondary N) is 1. The second-order valence-corrected chi connectivity index (χ2v) is 5.91. The summed E-state index contributed by atoms with van der Waals surface area (Å²) >= 11 is 0. The van der Waals surface area contributed by atoms with Gasteiger partial charge in [-0.05, 0) is 37.0 Å². The third kappa shape index (κ3) is 4.33. The standard InChI is InChI=1S/C19H23NO/c1-3-8-17(9-4-1)16-21-19-11-7-10-18(14-19)15-20-12-5-2-6-13-20/h1,3-4,7-11,14H,2,5-6,12-13,15-16H2/p+1. The molecule has 1 aliphatic heterocycles. The maximum atomic E-state index is 5.91. The fourth-order valence-corrected chi connectivity index (χ4v) is 3.00. The second-order valence-electron chi connectivity index (χ2n) is 5.91. The zero-order valence-electron chi connectivity index (χ0n) is 12.6. The summed E-state index contributed by atoms with van der Waals surface area (Å²) in [6, 6.07) is 18.9. The first-order valence-corrected chi connectivity index (χ1v) is 7.99. The highest BCUT2D eigenvalue weighted by atomic mass is 16.5. The van der Waals surface area contributed by atoms with Crippen molar-refractivity contribution < 1.29 is 9.64 Å². The van der Waals surface area contributed by atoms with Crippen LogP contribution in [0.25, 0.3) is 0 Å². The molecule has 0 spiro atoms. The van der Waals surface area contributed by atoms with Crippen LogP contribution in [-0.4, -0.2) is 13.1 Å². The maximum Gasteiger partial charge on any atom is 0.120 e. The van der Waals surface area contributed by atoms with Crippen molar-refractivity contribution >= 4 is 0 Å². The Kier molecular flexibility index (Phi) is 4.90. The van der Waals surface area contributed by atoms with Gasteiger partial charge in [-0.3, -0.25) is 0 Å². The summed E-state index contributed by atoms with van der Waals surface area (Å²) in [5.74, 6) is 0.979. The minimum absolute atomic E-state index is 0.640. The molecule has 1 aliphatic rings. The molecule has 1 fully saturated rings. The lowest BCUT2D eigenvalue weighted by Crippen LogP contribution is -3.11. The molecule has 0 bridgehead atoms. The lowest BCUT2D eigenvalue weighted by molar-refractivity contribution is -0.918. The van der Waals surface area contributed by atoms with Crippen LogP contribution in [0.3, 0.4) is 0 Å². The first-order valence-electron chi connectivity index (χ1n) is 7.99. The summed E-state index contributed by atoms with van der Waals surface area (Å²) in [5.41, 5.74) is 2.60. The van der Waals surface area contributed by atoms with E-state index in [0.717, 1.165) is 12.3 Å². The number of hydrogen-bond acceptors (Lipinski definition) is 1. The van der Waals surface area contributed by atoms with Gasteiger partial charge in [0.1, 0.15) is 18.9 Å². The van der Waals surface area contributed by atoms with Gasteiger partial charge < -0.3 is 9.64 Å². The van der Waals surface area contributed by atoms with Gasteiger partial charge >= 0.3 is 0 Å². The minimum Gasteiger partial charge on any atom is -0.489 e. The molecular formula is C19H24NO+. The molecule has 2 aromatic carbocycles. The maximum absolute atomic E-state index is 5.91. The third-order valence-electron chi connectivity index (χ3n) is 4.16. The van der Waals surface area contributed by atoms with Crippen LogP contribution in [-0.2, 0) is 13.2 Å². The number of hydrogen-bond donors (Lipinski definition) is 1. The Hall–Kier alpha value is -1.80. The molecule has 3 rings (SSSR count).